The lowest BCUT2D eigenvalue weighted by molar-refractivity contribution is 0.00733. The van der Waals surface area contributed by atoms with E-state index < -0.39 is 0 Å². The predicted molar refractivity (Wildman–Crippen MR) is 119 cm³/mol. The number of rotatable bonds is 5. The fourth-order valence-corrected chi connectivity index (χ4v) is 4.69. The van der Waals surface area contributed by atoms with E-state index in [1.54, 1.807) is 0 Å². The van der Waals surface area contributed by atoms with Crippen molar-refractivity contribution in [3.63, 3.8) is 0 Å². The van der Waals surface area contributed by atoms with Crippen molar-refractivity contribution in [2.45, 2.75) is 45.6 Å². The molecule has 2 unspecified atom stereocenters. The molecule has 2 fully saturated rings. The Hall–Kier alpha value is -2.00. The molecule has 0 saturated carbocycles. The standard InChI is InChI=1S/C25H34N2O/c1-4-20-7-5-6-8-24(20)27-15-16-28-25(18-27)22-13-14-26(17-22)23-11-9-21(10-12-23)19(2)3/h5-12,19,22,25H,4,13-18H2,1-3H3. The molecule has 0 amide bonds. The van der Waals surface area contributed by atoms with Gasteiger partial charge in [0, 0.05) is 43.5 Å². The fraction of sp³-hybridized carbons (Fsp3) is 0.520. The predicted octanol–water partition coefficient (Wildman–Crippen LogP) is 5.10. The van der Waals surface area contributed by atoms with Gasteiger partial charge in [-0.3, -0.25) is 0 Å². The first-order chi connectivity index (χ1) is 13.7. The van der Waals surface area contributed by atoms with Gasteiger partial charge in [-0.15, -0.1) is 0 Å². The minimum atomic E-state index is 0.332. The minimum Gasteiger partial charge on any atom is -0.374 e. The van der Waals surface area contributed by atoms with Gasteiger partial charge in [-0.05, 0) is 48.1 Å². The van der Waals surface area contributed by atoms with Gasteiger partial charge < -0.3 is 14.5 Å². The van der Waals surface area contributed by atoms with Gasteiger partial charge in [0.1, 0.15) is 0 Å². The molecule has 0 N–H and O–H groups in total. The number of hydrogen-bond donors (Lipinski definition) is 0. The van der Waals surface area contributed by atoms with Crippen LogP contribution in [-0.4, -0.2) is 38.9 Å². The van der Waals surface area contributed by atoms with Gasteiger partial charge in [0.25, 0.3) is 0 Å². The van der Waals surface area contributed by atoms with Crippen LogP contribution in [0.3, 0.4) is 0 Å². The number of benzene rings is 2. The van der Waals surface area contributed by atoms with E-state index in [-0.39, 0.29) is 0 Å². The van der Waals surface area contributed by atoms with Gasteiger partial charge in [0.05, 0.1) is 12.7 Å². The molecule has 2 heterocycles. The molecular weight excluding hydrogens is 344 g/mol. The lowest BCUT2D eigenvalue weighted by Crippen LogP contribution is -2.46. The van der Waals surface area contributed by atoms with Gasteiger partial charge in [-0.2, -0.15) is 0 Å². The number of morpholine rings is 1. The van der Waals surface area contributed by atoms with Crippen molar-refractivity contribution < 1.29 is 4.74 Å². The Kier molecular flexibility index (Phi) is 5.91. The second kappa shape index (κ2) is 8.57. The summed E-state index contributed by atoms with van der Waals surface area (Å²) >= 11 is 0. The maximum atomic E-state index is 6.25. The first kappa shape index (κ1) is 19.3. The average molecular weight is 379 g/mol. The Morgan fingerprint density at radius 2 is 1.75 bits per heavy atom. The Morgan fingerprint density at radius 1 is 0.964 bits per heavy atom. The fourth-order valence-electron chi connectivity index (χ4n) is 4.69. The molecule has 150 valence electrons. The van der Waals surface area contributed by atoms with E-state index in [4.69, 9.17) is 4.74 Å². The maximum Gasteiger partial charge on any atom is 0.0796 e. The molecule has 3 nitrogen and oxygen atoms in total. The van der Waals surface area contributed by atoms with E-state index in [9.17, 15) is 0 Å². The van der Waals surface area contributed by atoms with Crippen LogP contribution in [0.5, 0.6) is 0 Å². The van der Waals surface area contributed by atoms with Crippen LogP contribution in [0.1, 0.15) is 44.2 Å². The lowest BCUT2D eigenvalue weighted by Gasteiger charge is -2.38. The first-order valence-corrected chi connectivity index (χ1v) is 10.9. The number of anilines is 2. The number of para-hydroxylation sites is 1. The van der Waals surface area contributed by atoms with E-state index in [0.29, 0.717) is 17.9 Å². The van der Waals surface area contributed by atoms with Crippen molar-refractivity contribution in [3.05, 3.63) is 59.7 Å². The third-order valence-corrected chi connectivity index (χ3v) is 6.48. The van der Waals surface area contributed by atoms with Gasteiger partial charge in [0.15, 0.2) is 0 Å². The van der Waals surface area contributed by atoms with Gasteiger partial charge in [0.2, 0.25) is 0 Å². The first-order valence-electron chi connectivity index (χ1n) is 10.9. The largest absolute Gasteiger partial charge is 0.374 e. The topological polar surface area (TPSA) is 15.7 Å². The van der Waals surface area contributed by atoms with Crippen molar-refractivity contribution in [1.82, 2.24) is 0 Å². The van der Waals surface area contributed by atoms with Crippen LogP contribution in [0.4, 0.5) is 11.4 Å². The number of ether oxygens (including phenoxy) is 1. The second-order valence-corrected chi connectivity index (χ2v) is 8.58. The zero-order chi connectivity index (χ0) is 19.5. The van der Waals surface area contributed by atoms with E-state index in [2.05, 4.69) is 79.1 Å². The summed E-state index contributed by atoms with van der Waals surface area (Å²) in [6.07, 6.45) is 2.64. The Morgan fingerprint density at radius 3 is 2.50 bits per heavy atom. The molecule has 3 heteroatoms. The molecule has 2 aliphatic heterocycles. The van der Waals surface area contributed by atoms with E-state index in [1.165, 1.54) is 28.9 Å². The smallest absolute Gasteiger partial charge is 0.0796 e. The molecule has 0 aliphatic carbocycles. The third kappa shape index (κ3) is 4.05. The van der Waals surface area contributed by atoms with Gasteiger partial charge in [-0.25, -0.2) is 0 Å². The number of hydrogen-bond acceptors (Lipinski definition) is 3. The van der Waals surface area contributed by atoms with Crippen LogP contribution >= 0.6 is 0 Å². The quantitative estimate of drug-likeness (QED) is 0.719. The molecule has 2 aromatic carbocycles. The highest BCUT2D eigenvalue weighted by Crippen LogP contribution is 2.31. The van der Waals surface area contributed by atoms with Crippen LogP contribution in [0.15, 0.2) is 48.5 Å². The molecule has 0 aromatic heterocycles. The molecule has 2 saturated heterocycles. The molecule has 0 radical (unpaired) electrons. The zero-order valence-electron chi connectivity index (χ0n) is 17.6. The summed E-state index contributed by atoms with van der Waals surface area (Å²) in [7, 11) is 0. The van der Waals surface area contributed by atoms with Crippen molar-refractivity contribution in [2.24, 2.45) is 5.92 Å². The molecule has 2 aliphatic rings. The van der Waals surface area contributed by atoms with E-state index >= 15 is 0 Å². The van der Waals surface area contributed by atoms with Crippen molar-refractivity contribution in [3.8, 4) is 0 Å². The summed E-state index contributed by atoms with van der Waals surface area (Å²) < 4.78 is 6.25. The lowest BCUT2D eigenvalue weighted by atomic mass is 9.99. The molecule has 2 atom stereocenters. The van der Waals surface area contributed by atoms with Gasteiger partial charge in [-0.1, -0.05) is 51.1 Å². The highest BCUT2D eigenvalue weighted by atomic mass is 16.5. The zero-order valence-corrected chi connectivity index (χ0v) is 17.6. The highest BCUT2D eigenvalue weighted by Gasteiger charge is 2.34. The monoisotopic (exact) mass is 378 g/mol. The highest BCUT2D eigenvalue weighted by molar-refractivity contribution is 5.54. The van der Waals surface area contributed by atoms with Crippen LogP contribution in [0.25, 0.3) is 0 Å². The van der Waals surface area contributed by atoms with Crippen molar-refractivity contribution in [2.75, 3.05) is 42.6 Å². The van der Waals surface area contributed by atoms with Gasteiger partial charge >= 0.3 is 0 Å². The Bertz CT molecular complexity index is 770. The number of nitrogens with zero attached hydrogens (tertiary/aromatic N) is 2. The molecule has 0 bridgehead atoms. The summed E-state index contributed by atoms with van der Waals surface area (Å²) in [6, 6.07) is 18.0. The van der Waals surface area contributed by atoms with E-state index in [0.717, 1.165) is 39.2 Å². The van der Waals surface area contributed by atoms with Crippen LogP contribution in [-0.2, 0) is 11.2 Å². The normalized spacial score (nSPS) is 22.9. The van der Waals surface area contributed by atoms with E-state index in [1.807, 2.05) is 0 Å². The SMILES string of the molecule is CCc1ccccc1N1CCOC(C2CCN(c3ccc(C(C)C)cc3)C2)C1. The maximum absolute atomic E-state index is 6.25. The Balaban J connectivity index is 1.41. The van der Waals surface area contributed by atoms with Crippen LogP contribution in [0.2, 0.25) is 0 Å². The van der Waals surface area contributed by atoms with Crippen LogP contribution in [0, 0.1) is 5.92 Å². The van der Waals surface area contributed by atoms with Crippen molar-refractivity contribution in [1.29, 1.82) is 0 Å². The Labute approximate surface area is 170 Å². The summed E-state index contributed by atoms with van der Waals surface area (Å²) in [5, 5.41) is 0. The van der Waals surface area contributed by atoms with Crippen molar-refractivity contribution >= 4 is 11.4 Å². The number of aryl methyl sites for hydroxylation is 1. The molecule has 2 aromatic rings. The molecule has 28 heavy (non-hydrogen) atoms. The minimum absolute atomic E-state index is 0.332. The summed E-state index contributed by atoms with van der Waals surface area (Å²) in [4.78, 5) is 5.09. The summed E-state index contributed by atoms with van der Waals surface area (Å²) in [5.41, 5.74) is 5.62. The summed E-state index contributed by atoms with van der Waals surface area (Å²) in [6.45, 7) is 11.8. The molecule has 4 rings (SSSR count). The molecule has 0 spiro atoms. The average Bonchev–Trinajstić information content (AvgIpc) is 3.24. The van der Waals surface area contributed by atoms with Crippen LogP contribution < -0.4 is 9.80 Å². The third-order valence-electron chi connectivity index (χ3n) is 6.48. The molecular formula is C25H34N2O. The second-order valence-electron chi connectivity index (χ2n) is 8.58. The summed E-state index contributed by atoms with van der Waals surface area (Å²) in [5.74, 6) is 1.20.